The van der Waals surface area contributed by atoms with E-state index in [0.29, 0.717) is 0 Å². The zero-order chi connectivity index (χ0) is 10.7. The van der Waals surface area contributed by atoms with Gasteiger partial charge in [-0.2, -0.15) is 0 Å². The second-order valence-electron chi connectivity index (χ2n) is 1.47. The van der Waals surface area contributed by atoms with Crippen molar-refractivity contribution in [1.82, 2.24) is 0 Å². The molecular weight excluding hydrogens is 393 g/mol. The Labute approximate surface area is 100 Å². The molecule has 14 heavy (non-hydrogen) atoms. The van der Waals surface area contributed by atoms with Crippen molar-refractivity contribution >= 4 is 44.1 Å². The van der Waals surface area contributed by atoms with Crippen molar-refractivity contribution in [2.24, 2.45) is 0 Å². The summed E-state index contributed by atoms with van der Waals surface area (Å²) in [6.45, 7) is 2.92. The number of hydrogen-bond donors (Lipinski definition) is 0. The Morgan fingerprint density at radius 1 is 0.714 bits per heavy atom. The number of hydrogen-bond acceptors (Lipinski definition) is 6. The van der Waals surface area contributed by atoms with Gasteiger partial charge in [-0.15, -0.1) is 0 Å². The summed E-state index contributed by atoms with van der Waals surface area (Å²) in [7, 11) is 0. The fourth-order valence-corrected chi connectivity index (χ4v) is 0. The van der Waals surface area contributed by atoms with Gasteiger partial charge in [0.15, 0.2) is 0 Å². The zero-order valence-electron chi connectivity index (χ0n) is 7.90. The molecule has 0 heterocycles. The van der Waals surface area contributed by atoms with Crippen LogP contribution in [0, 0.1) is 0 Å². The second kappa shape index (κ2) is 22.8. The summed E-state index contributed by atoms with van der Waals surface area (Å²) >= 11 is 0. The summed E-state index contributed by atoms with van der Waals surface area (Å²) in [6.07, 6.45) is 0. The molecule has 0 atom stereocenters. The fourth-order valence-electron chi connectivity index (χ4n) is 0. The minimum atomic E-state index is -1.08. The first-order valence-corrected chi connectivity index (χ1v) is 2.72. The second-order valence-corrected chi connectivity index (χ2v) is 1.47. The number of carbonyl (C=O) groups excluding carboxylic acids is 3. The predicted octanol–water partition coefficient (Wildman–Crippen LogP) is -4.94. The first-order valence-electron chi connectivity index (χ1n) is 2.72. The molecule has 0 aromatic heterocycles. The Kier molecular flexibility index (Phi) is 47.5. The molecule has 2 N–H and O–H groups in total. The van der Waals surface area contributed by atoms with Crippen LogP contribution in [-0.4, -0.2) is 49.6 Å². The molecule has 0 aliphatic heterocycles. The van der Waals surface area contributed by atoms with Crippen molar-refractivity contribution in [2.75, 3.05) is 0 Å². The Bertz CT molecular complexity index is 116. The van der Waals surface area contributed by atoms with E-state index in [4.69, 9.17) is 29.7 Å². The van der Waals surface area contributed by atoms with Gasteiger partial charge in [0.2, 0.25) is 0 Å². The van der Waals surface area contributed by atoms with Crippen LogP contribution in [0.1, 0.15) is 20.8 Å². The average molecular weight is 404 g/mol. The molecule has 0 saturated heterocycles. The van der Waals surface area contributed by atoms with E-state index in [2.05, 4.69) is 0 Å². The van der Waals surface area contributed by atoms with Gasteiger partial charge in [0.25, 0.3) is 0 Å². The van der Waals surface area contributed by atoms with E-state index >= 15 is 0 Å². The van der Waals surface area contributed by atoms with E-state index in [1.165, 1.54) is 0 Å². The van der Waals surface area contributed by atoms with Crippen LogP contribution >= 0.6 is 0 Å². The standard InChI is InChI=1S/3C2H4O2.Bi.H2O/c3*1-2(3)4;;/h3*1H3,(H,3,4);;1H2/q;;;+3;/p-3. The smallest absolute Gasteiger partial charge is 0.550 e. The Morgan fingerprint density at radius 3 is 0.714 bits per heavy atom. The molecular formula is C6H11BiO7. The maximum absolute atomic E-state index is 8.89. The predicted molar refractivity (Wildman–Crippen MR) is 41.4 cm³/mol. The average Bonchev–Trinajstić information content (AvgIpc) is 1.54. The molecule has 0 aliphatic carbocycles. The SMILES string of the molecule is CC(=O)[O-].CC(=O)[O-].CC(=O)[O-].O.[Bi+3]. The Morgan fingerprint density at radius 2 is 0.714 bits per heavy atom. The molecule has 0 aliphatic rings. The van der Waals surface area contributed by atoms with Crippen molar-refractivity contribution in [3.05, 3.63) is 0 Å². The number of aliphatic carboxylic acids is 3. The van der Waals surface area contributed by atoms with Crippen LogP contribution in [0.3, 0.4) is 0 Å². The van der Waals surface area contributed by atoms with E-state index < -0.39 is 17.9 Å². The van der Waals surface area contributed by atoms with Gasteiger partial charge in [-0.25, -0.2) is 0 Å². The number of rotatable bonds is 0. The number of carboxylic acids is 3. The van der Waals surface area contributed by atoms with Crippen LogP contribution in [0.5, 0.6) is 0 Å². The Balaban J connectivity index is -0.0000000270. The van der Waals surface area contributed by atoms with Gasteiger partial charge in [0.1, 0.15) is 0 Å². The number of carbonyl (C=O) groups is 3. The van der Waals surface area contributed by atoms with Gasteiger partial charge < -0.3 is 35.2 Å². The molecule has 2 radical (unpaired) electrons. The minimum absolute atomic E-state index is 0. The summed E-state index contributed by atoms with van der Waals surface area (Å²) in [4.78, 5) is 26.7. The Hall–Kier alpha value is -0.747. The van der Waals surface area contributed by atoms with Crippen LogP contribution in [-0.2, 0) is 14.4 Å². The summed E-state index contributed by atoms with van der Waals surface area (Å²) in [5, 5.41) is 26.7. The topological polar surface area (TPSA) is 152 Å². The van der Waals surface area contributed by atoms with Gasteiger partial charge >= 0.3 is 26.2 Å². The van der Waals surface area contributed by atoms with Gasteiger partial charge in [-0.05, 0) is 20.8 Å². The first kappa shape index (κ1) is 29.2. The summed E-state index contributed by atoms with van der Waals surface area (Å²) in [5.41, 5.74) is 0. The maximum atomic E-state index is 8.89. The molecule has 0 unspecified atom stereocenters. The van der Waals surface area contributed by atoms with Crippen LogP contribution in [0.4, 0.5) is 0 Å². The molecule has 0 aromatic carbocycles. The van der Waals surface area contributed by atoms with E-state index in [9.17, 15) is 0 Å². The molecule has 0 bridgehead atoms. The van der Waals surface area contributed by atoms with Crippen molar-refractivity contribution in [2.45, 2.75) is 20.8 Å². The van der Waals surface area contributed by atoms with E-state index in [0.717, 1.165) is 20.8 Å². The van der Waals surface area contributed by atoms with Gasteiger partial charge in [0.05, 0.1) is 0 Å². The third-order valence-electron chi connectivity index (χ3n) is 0. The summed E-state index contributed by atoms with van der Waals surface area (Å²) in [5.74, 6) is -3.25. The fraction of sp³-hybridized carbons (Fsp3) is 0.500. The maximum Gasteiger partial charge on any atom is 3.00 e. The van der Waals surface area contributed by atoms with Crippen molar-refractivity contribution in [3.8, 4) is 0 Å². The van der Waals surface area contributed by atoms with Crippen LogP contribution in [0.15, 0.2) is 0 Å². The molecule has 8 heteroatoms. The summed E-state index contributed by atoms with van der Waals surface area (Å²) in [6, 6.07) is 0. The first-order chi connectivity index (χ1) is 5.20. The van der Waals surface area contributed by atoms with Crippen molar-refractivity contribution < 1.29 is 35.2 Å². The van der Waals surface area contributed by atoms with Crippen LogP contribution < -0.4 is 15.3 Å². The molecule has 0 saturated carbocycles. The van der Waals surface area contributed by atoms with E-state index in [1.54, 1.807) is 0 Å². The summed E-state index contributed by atoms with van der Waals surface area (Å²) < 4.78 is 0. The van der Waals surface area contributed by atoms with Crippen molar-refractivity contribution in [3.63, 3.8) is 0 Å². The molecule has 0 rings (SSSR count). The van der Waals surface area contributed by atoms with Crippen LogP contribution in [0.2, 0.25) is 0 Å². The quantitative estimate of drug-likeness (QED) is 0.369. The van der Waals surface area contributed by atoms with Crippen molar-refractivity contribution in [1.29, 1.82) is 0 Å². The third kappa shape index (κ3) is 2120. The minimum Gasteiger partial charge on any atom is -0.550 e. The van der Waals surface area contributed by atoms with Crippen LogP contribution in [0.25, 0.3) is 0 Å². The van der Waals surface area contributed by atoms with E-state index in [-0.39, 0.29) is 31.7 Å². The molecule has 0 fully saturated rings. The van der Waals surface area contributed by atoms with Gasteiger partial charge in [-0.1, -0.05) is 0 Å². The third-order valence-corrected chi connectivity index (χ3v) is 0. The largest absolute Gasteiger partial charge is 3.00 e. The van der Waals surface area contributed by atoms with E-state index in [1.807, 2.05) is 0 Å². The zero-order valence-corrected chi connectivity index (χ0v) is 11.4. The monoisotopic (exact) mass is 404 g/mol. The number of carboxylic acid groups (broad SMARTS) is 3. The molecule has 0 aromatic rings. The van der Waals surface area contributed by atoms with Gasteiger partial charge in [-0.3, -0.25) is 0 Å². The molecule has 7 nitrogen and oxygen atoms in total. The normalized spacial score (nSPS) is 5.36. The van der Waals surface area contributed by atoms with Gasteiger partial charge in [0, 0.05) is 17.9 Å². The molecule has 82 valence electrons. The molecule has 0 amide bonds. The molecule has 0 spiro atoms.